The number of rotatable bonds is 8. The first kappa shape index (κ1) is 29.7. The number of benzene rings is 2. The van der Waals surface area contributed by atoms with Crippen molar-refractivity contribution in [1.29, 1.82) is 0 Å². The van der Waals surface area contributed by atoms with Gasteiger partial charge in [0, 0.05) is 23.2 Å². The van der Waals surface area contributed by atoms with Crippen molar-refractivity contribution in [2.45, 2.75) is 59.0 Å². The highest BCUT2D eigenvalue weighted by Gasteiger charge is 2.23. The van der Waals surface area contributed by atoms with Gasteiger partial charge in [-0.1, -0.05) is 98.5 Å². The van der Waals surface area contributed by atoms with E-state index in [1.54, 1.807) is 0 Å². The fourth-order valence-electron chi connectivity index (χ4n) is 4.56. The third-order valence-corrected chi connectivity index (χ3v) is 6.39. The lowest BCUT2D eigenvalue weighted by Gasteiger charge is -2.28. The summed E-state index contributed by atoms with van der Waals surface area (Å²) in [6, 6.07) is 17.7. The fourth-order valence-corrected chi connectivity index (χ4v) is 4.56. The molecule has 2 aromatic heterocycles. The summed E-state index contributed by atoms with van der Waals surface area (Å²) in [5, 5.41) is 26.0. The van der Waals surface area contributed by atoms with Crippen LogP contribution in [0.4, 0.5) is 0 Å². The van der Waals surface area contributed by atoms with E-state index >= 15 is 0 Å². The van der Waals surface area contributed by atoms with Crippen LogP contribution in [0, 0.1) is 0 Å². The molecule has 0 spiro atoms. The third kappa shape index (κ3) is 7.84. The Kier molecular flexibility index (Phi) is 11.9. The standard InChI is InChI=1S/C27H30N4O3.C2H6.CH2O2/c1-2-9-22-24(29-33-25(22)20-10-5-3-6-11-20)27-28-26(30-34-27)21-14-12-19(13-15-21)23(32)18-31-16-7-4-8-17-31;1-2;2-1-3/h3,5-6,10-15,23,32H,2,4,7-9,16-18H2,1H3;1-2H3;1H,(H,2,3). The molecule has 0 saturated carbocycles. The third-order valence-electron chi connectivity index (χ3n) is 6.39. The Morgan fingerprint density at radius 2 is 1.62 bits per heavy atom. The first-order chi connectivity index (χ1) is 19.1. The van der Waals surface area contributed by atoms with Gasteiger partial charge >= 0.3 is 0 Å². The Balaban J connectivity index is 0.000000787. The lowest BCUT2D eigenvalue weighted by atomic mass is 10.0. The van der Waals surface area contributed by atoms with E-state index in [1.165, 1.54) is 19.3 Å². The molecular formula is C30H38N4O5. The van der Waals surface area contributed by atoms with E-state index in [0.29, 0.717) is 24.0 Å². The average Bonchev–Trinajstić information content (AvgIpc) is 3.64. The van der Waals surface area contributed by atoms with Gasteiger partial charge in [-0.2, -0.15) is 4.98 Å². The van der Waals surface area contributed by atoms with Gasteiger partial charge in [0.25, 0.3) is 12.4 Å². The molecule has 2 N–H and O–H groups in total. The SMILES string of the molecule is CC.CCCc1c(-c2nc(-c3ccc(C(O)CN4CCCCC4)cc3)no2)noc1-c1ccccc1.O=CO. The highest BCUT2D eigenvalue weighted by atomic mass is 16.5. The number of aromatic nitrogens is 3. The van der Waals surface area contributed by atoms with Crippen molar-refractivity contribution in [1.82, 2.24) is 20.2 Å². The molecular weight excluding hydrogens is 496 g/mol. The van der Waals surface area contributed by atoms with Crippen LogP contribution >= 0.6 is 0 Å². The summed E-state index contributed by atoms with van der Waals surface area (Å²) >= 11 is 0. The normalized spacial score (nSPS) is 13.9. The van der Waals surface area contributed by atoms with Crippen molar-refractivity contribution in [3.05, 3.63) is 65.7 Å². The number of carboxylic acid groups (broad SMARTS) is 1. The van der Waals surface area contributed by atoms with Crippen LogP contribution in [-0.4, -0.2) is 56.5 Å². The predicted octanol–water partition coefficient (Wildman–Crippen LogP) is 6.26. The van der Waals surface area contributed by atoms with Gasteiger partial charge in [-0.25, -0.2) is 0 Å². The number of piperidine rings is 1. The zero-order valence-electron chi connectivity index (χ0n) is 22.9. The van der Waals surface area contributed by atoms with Crippen LogP contribution in [0.1, 0.15) is 63.7 Å². The number of hydrogen-bond donors (Lipinski definition) is 2. The molecule has 4 aromatic rings. The molecule has 9 heteroatoms. The zero-order valence-corrected chi connectivity index (χ0v) is 22.9. The van der Waals surface area contributed by atoms with Gasteiger partial charge in [0.1, 0.15) is 0 Å². The first-order valence-corrected chi connectivity index (χ1v) is 13.6. The molecule has 39 heavy (non-hydrogen) atoms. The molecule has 0 amide bonds. The predicted molar refractivity (Wildman–Crippen MR) is 150 cm³/mol. The van der Waals surface area contributed by atoms with Crippen molar-refractivity contribution in [3.63, 3.8) is 0 Å². The van der Waals surface area contributed by atoms with Crippen LogP contribution in [0.2, 0.25) is 0 Å². The number of carbonyl (C=O) groups is 1. The van der Waals surface area contributed by atoms with Gasteiger partial charge in [0.15, 0.2) is 11.5 Å². The van der Waals surface area contributed by atoms with E-state index in [-0.39, 0.29) is 6.47 Å². The maximum Gasteiger partial charge on any atom is 0.290 e. The number of hydrogen-bond acceptors (Lipinski definition) is 8. The van der Waals surface area contributed by atoms with Gasteiger partial charge in [-0.3, -0.25) is 4.79 Å². The number of aliphatic hydroxyl groups is 1. The summed E-state index contributed by atoms with van der Waals surface area (Å²) < 4.78 is 11.3. The number of aliphatic hydroxyl groups excluding tert-OH is 1. The molecule has 1 saturated heterocycles. The quantitative estimate of drug-likeness (QED) is 0.252. The summed E-state index contributed by atoms with van der Waals surface area (Å²) in [5.74, 6) is 1.57. The summed E-state index contributed by atoms with van der Waals surface area (Å²) in [6.07, 6.45) is 4.95. The monoisotopic (exact) mass is 534 g/mol. The molecule has 1 aliphatic heterocycles. The van der Waals surface area contributed by atoms with Crippen LogP contribution in [0.5, 0.6) is 0 Å². The molecule has 1 atom stereocenters. The van der Waals surface area contributed by atoms with Crippen molar-refractivity contribution < 1.29 is 24.1 Å². The molecule has 208 valence electrons. The molecule has 2 aromatic carbocycles. The summed E-state index contributed by atoms with van der Waals surface area (Å²) in [4.78, 5) is 15.3. The maximum absolute atomic E-state index is 10.7. The van der Waals surface area contributed by atoms with Crippen LogP contribution < -0.4 is 0 Å². The fraction of sp³-hybridized carbons (Fsp3) is 0.400. The summed E-state index contributed by atoms with van der Waals surface area (Å²) in [6.45, 7) is 8.66. The molecule has 0 radical (unpaired) electrons. The van der Waals surface area contributed by atoms with Crippen molar-refractivity contribution in [2.75, 3.05) is 19.6 Å². The van der Waals surface area contributed by atoms with Crippen molar-refractivity contribution in [3.8, 4) is 34.3 Å². The molecule has 9 nitrogen and oxygen atoms in total. The average molecular weight is 535 g/mol. The van der Waals surface area contributed by atoms with Crippen molar-refractivity contribution >= 4 is 6.47 Å². The highest BCUT2D eigenvalue weighted by Crippen LogP contribution is 2.33. The van der Waals surface area contributed by atoms with Gasteiger partial charge in [0.2, 0.25) is 5.82 Å². The van der Waals surface area contributed by atoms with E-state index in [1.807, 2.05) is 68.4 Å². The van der Waals surface area contributed by atoms with E-state index in [4.69, 9.17) is 18.9 Å². The molecule has 1 fully saturated rings. The Morgan fingerprint density at radius 3 is 2.26 bits per heavy atom. The topological polar surface area (TPSA) is 126 Å². The van der Waals surface area contributed by atoms with E-state index in [9.17, 15) is 5.11 Å². The van der Waals surface area contributed by atoms with E-state index in [2.05, 4.69) is 27.1 Å². The van der Waals surface area contributed by atoms with Gasteiger partial charge in [-0.15, -0.1) is 0 Å². The molecule has 5 rings (SSSR count). The minimum Gasteiger partial charge on any atom is -0.483 e. The lowest BCUT2D eigenvalue weighted by Crippen LogP contribution is -2.33. The van der Waals surface area contributed by atoms with Crippen LogP contribution in [-0.2, 0) is 11.2 Å². The largest absolute Gasteiger partial charge is 0.483 e. The van der Waals surface area contributed by atoms with E-state index in [0.717, 1.165) is 53.9 Å². The summed E-state index contributed by atoms with van der Waals surface area (Å²) in [5.41, 5.74) is 4.26. The Morgan fingerprint density at radius 1 is 0.949 bits per heavy atom. The number of likely N-dealkylation sites (tertiary alicyclic amines) is 1. The second-order valence-corrected chi connectivity index (χ2v) is 8.98. The maximum atomic E-state index is 10.7. The second-order valence-electron chi connectivity index (χ2n) is 8.98. The molecule has 0 aliphatic carbocycles. The zero-order chi connectivity index (χ0) is 28.0. The van der Waals surface area contributed by atoms with Gasteiger partial charge in [-0.05, 0) is 37.9 Å². The number of β-amino-alcohol motifs (C(OH)–C–C–N with tert-alkyl or cyclic N) is 1. The number of nitrogens with zero attached hydrogens (tertiary/aromatic N) is 4. The van der Waals surface area contributed by atoms with E-state index < -0.39 is 6.10 Å². The molecule has 3 heterocycles. The van der Waals surface area contributed by atoms with Gasteiger partial charge < -0.3 is 24.2 Å². The van der Waals surface area contributed by atoms with Crippen LogP contribution in [0.25, 0.3) is 34.3 Å². The Bertz CT molecular complexity index is 1250. The lowest BCUT2D eigenvalue weighted by molar-refractivity contribution is -0.122. The van der Waals surface area contributed by atoms with Crippen LogP contribution in [0.3, 0.4) is 0 Å². The minimum absolute atomic E-state index is 0.250. The van der Waals surface area contributed by atoms with Gasteiger partial charge in [0.05, 0.1) is 6.10 Å². The van der Waals surface area contributed by atoms with Crippen LogP contribution in [0.15, 0.2) is 63.6 Å². The summed E-state index contributed by atoms with van der Waals surface area (Å²) in [7, 11) is 0. The highest BCUT2D eigenvalue weighted by molar-refractivity contribution is 5.69. The second kappa shape index (κ2) is 15.6. The Labute approximate surface area is 229 Å². The minimum atomic E-state index is -0.504. The molecule has 0 bridgehead atoms. The smallest absolute Gasteiger partial charge is 0.290 e. The molecule has 1 aliphatic rings. The first-order valence-electron chi connectivity index (χ1n) is 13.6. The van der Waals surface area contributed by atoms with Crippen molar-refractivity contribution in [2.24, 2.45) is 0 Å². The Hall–Kier alpha value is -3.82. The molecule has 1 unspecified atom stereocenters.